The van der Waals surface area contributed by atoms with Gasteiger partial charge in [-0.1, -0.05) is 36.7 Å². The van der Waals surface area contributed by atoms with Crippen LogP contribution in [0.5, 0.6) is 0 Å². The third kappa shape index (κ3) is 8.20. The number of fused-ring (bicyclic) bond motifs is 1. The topological polar surface area (TPSA) is 180 Å². The Labute approximate surface area is 282 Å². The summed E-state index contributed by atoms with van der Waals surface area (Å²) in [6.45, 7) is 1.51. The number of aliphatic carboxylic acids is 2. The molecule has 260 valence electrons. The Morgan fingerprint density at radius 3 is 2.39 bits per heavy atom. The molecule has 1 amide bonds. The predicted octanol–water partition coefficient (Wildman–Crippen LogP) is 5.86. The first kappa shape index (κ1) is 36.9. The van der Waals surface area contributed by atoms with Crippen LogP contribution in [0.4, 0.5) is 29.1 Å². The molecule has 49 heavy (non-hydrogen) atoms. The van der Waals surface area contributed by atoms with Gasteiger partial charge < -0.3 is 26.2 Å². The highest BCUT2D eigenvalue weighted by Gasteiger charge is 2.46. The van der Waals surface area contributed by atoms with Crippen LogP contribution in [-0.4, -0.2) is 64.8 Å². The van der Waals surface area contributed by atoms with Crippen molar-refractivity contribution < 1.29 is 50.6 Å². The number of aromatic nitrogens is 1. The van der Waals surface area contributed by atoms with Gasteiger partial charge in [0, 0.05) is 34.4 Å². The molecule has 0 saturated carbocycles. The first-order valence-corrected chi connectivity index (χ1v) is 16.5. The van der Waals surface area contributed by atoms with Crippen LogP contribution in [0.15, 0.2) is 77.8 Å². The van der Waals surface area contributed by atoms with Crippen molar-refractivity contribution in [1.82, 2.24) is 9.88 Å². The van der Waals surface area contributed by atoms with E-state index in [0.717, 1.165) is 11.5 Å². The number of hydrogen-bond acceptors (Lipinski definition) is 8. The second kappa shape index (κ2) is 14.7. The van der Waals surface area contributed by atoms with Crippen LogP contribution < -0.4 is 11.1 Å². The Kier molecular flexibility index (Phi) is 11.0. The smallest absolute Gasteiger partial charge is 0.481 e. The Morgan fingerprint density at radius 2 is 1.76 bits per heavy atom. The van der Waals surface area contributed by atoms with Crippen molar-refractivity contribution in [2.45, 2.75) is 36.5 Å². The number of nitrogens with zero attached hydrogens (tertiary/aromatic N) is 2. The molecule has 1 aromatic heterocycles. The predicted molar refractivity (Wildman–Crippen MR) is 172 cm³/mol. The van der Waals surface area contributed by atoms with Gasteiger partial charge in [-0.25, -0.2) is 22.6 Å². The summed E-state index contributed by atoms with van der Waals surface area (Å²) in [4.78, 5) is 41.0. The zero-order valence-electron chi connectivity index (χ0n) is 25.5. The fraction of sp³-hybridized carbons (Fsp3) is 0.250. The number of carboxylic acid groups (broad SMARTS) is 2. The maximum atomic E-state index is 15.3. The normalized spacial score (nSPS) is 16.8. The fourth-order valence-electron chi connectivity index (χ4n) is 5.48. The number of alkyl halides is 3. The van der Waals surface area contributed by atoms with Gasteiger partial charge >= 0.3 is 18.1 Å². The van der Waals surface area contributed by atoms with Crippen LogP contribution in [0.1, 0.15) is 36.6 Å². The lowest BCUT2D eigenvalue weighted by Crippen LogP contribution is -2.40. The minimum Gasteiger partial charge on any atom is -0.481 e. The number of nitrogens with one attached hydrogen (secondary N) is 1. The van der Waals surface area contributed by atoms with Crippen LogP contribution in [0, 0.1) is 11.7 Å². The maximum Gasteiger partial charge on any atom is 0.490 e. The lowest BCUT2D eigenvalue weighted by Gasteiger charge is -2.32. The van der Waals surface area contributed by atoms with Crippen LogP contribution in [0.25, 0.3) is 10.8 Å². The number of sulfone groups is 1. The number of halogens is 5. The SMILES string of the molecule is CCS(=O)(=O)c1ccccc1[C@H]1[C@@H](C(=O)O)CCN1C(=O)[C@H](Nc1ccc2c(N)nccc2c1)c1cc(Cl)ccc1F.O=C(O)C(F)(F)F. The molecule has 1 aliphatic rings. The molecule has 0 aliphatic carbocycles. The Balaban J connectivity index is 0.000000698. The van der Waals surface area contributed by atoms with E-state index in [1.165, 1.54) is 36.1 Å². The van der Waals surface area contributed by atoms with E-state index in [0.29, 0.717) is 16.9 Å². The maximum absolute atomic E-state index is 15.3. The summed E-state index contributed by atoms with van der Waals surface area (Å²) in [6, 6.07) is 14.4. The van der Waals surface area contributed by atoms with Crippen molar-refractivity contribution in [3.63, 3.8) is 0 Å². The van der Waals surface area contributed by atoms with Gasteiger partial charge in [0.15, 0.2) is 9.84 Å². The van der Waals surface area contributed by atoms with Gasteiger partial charge in [0.1, 0.15) is 17.7 Å². The van der Waals surface area contributed by atoms with Gasteiger partial charge in [-0.05, 0) is 65.9 Å². The highest BCUT2D eigenvalue weighted by molar-refractivity contribution is 7.91. The molecule has 1 saturated heterocycles. The van der Waals surface area contributed by atoms with Crippen molar-refractivity contribution in [2.24, 2.45) is 5.92 Å². The molecule has 5 rings (SSSR count). The standard InChI is InChI=1S/C30H28ClFN4O5S.C2HF3O2/c1-2-42(40,41)25-6-4-3-5-21(25)27-22(30(38)39)12-14-36(27)29(37)26(23-16-18(31)7-10-24(23)32)35-19-8-9-20-17(15-19)11-13-34-28(20)33;3-2(4,5)1(6)7/h3-11,13,15-16,22,26-27,35H,2,12,14H2,1H3,(H2,33,34)(H,38,39);(H,6,7)/t22-,26+,27-;/m0./s1. The number of likely N-dealkylation sites (tertiary alicyclic amines) is 1. The average Bonchev–Trinajstić information content (AvgIpc) is 3.50. The van der Waals surface area contributed by atoms with Crippen molar-refractivity contribution in [3.8, 4) is 0 Å². The molecule has 1 aliphatic heterocycles. The molecule has 0 radical (unpaired) electrons. The largest absolute Gasteiger partial charge is 0.490 e. The zero-order valence-corrected chi connectivity index (χ0v) is 27.1. The molecule has 11 nitrogen and oxygen atoms in total. The first-order chi connectivity index (χ1) is 23.0. The summed E-state index contributed by atoms with van der Waals surface area (Å²) >= 11 is 6.22. The molecular weight excluding hydrogens is 696 g/mol. The Bertz CT molecular complexity index is 2010. The Morgan fingerprint density at radius 1 is 1.08 bits per heavy atom. The molecular formula is C32H29ClF4N4O7S. The number of benzene rings is 3. The number of carbonyl (C=O) groups excluding carboxylic acids is 1. The number of rotatable bonds is 8. The van der Waals surface area contributed by atoms with E-state index in [9.17, 15) is 36.3 Å². The summed E-state index contributed by atoms with van der Waals surface area (Å²) < 4.78 is 73.0. The molecule has 5 N–H and O–H groups in total. The summed E-state index contributed by atoms with van der Waals surface area (Å²) in [5.41, 5.74) is 6.60. The van der Waals surface area contributed by atoms with E-state index in [2.05, 4.69) is 10.3 Å². The summed E-state index contributed by atoms with van der Waals surface area (Å²) in [5, 5.41) is 21.9. The van der Waals surface area contributed by atoms with Gasteiger partial charge in [0.05, 0.1) is 22.6 Å². The van der Waals surface area contributed by atoms with Crippen LogP contribution >= 0.6 is 11.6 Å². The van der Waals surface area contributed by atoms with Crippen molar-refractivity contribution in [2.75, 3.05) is 23.3 Å². The van der Waals surface area contributed by atoms with Gasteiger partial charge in [0.25, 0.3) is 0 Å². The highest BCUT2D eigenvalue weighted by atomic mass is 35.5. The average molecular weight is 725 g/mol. The minimum absolute atomic E-state index is 0.0151. The number of anilines is 2. The lowest BCUT2D eigenvalue weighted by molar-refractivity contribution is -0.192. The molecule has 0 unspecified atom stereocenters. The number of pyridine rings is 1. The molecule has 1 fully saturated rings. The molecule has 3 aromatic carbocycles. The quantitative estimate of drug-likeness (QED) is 0.161. The fourth-order valence-corrected chi connectivity index (χ4v) is 6.80. The number of carbonyl (C=O) groups is 3. The van der Waals surface area contributed by atoms with E-state index in [-0.39, 0.29) is 39.8 Å². The number of nitrogen functional groups attached to an aromatic ring is 1. The van der Waals surface area contributed by atoms with E-state index in [1.54, 1.807) is 42.6 Å². The summed E-state index contributed by atoms with van der Waals surface area (Å²) in [5.74, 6) is -6.22. The van der Waals surface area contributed by atoms with Crippen molar-refractivity contribution in [3.05, 3.63) is 94.9 Å². The Hall–Kier alpha value is -4.96. The van der Waals surface area contributed by atoms with Crippen LogP contribution in [-0.2, 0) is 24.2 Å². The molecule has 3 atom stereocenters. The van der Waals surface area contributed by atoms with Gasteiger partial charge in [-0.3, -0.25) is 9.59 Å². The van der Waals surface area contributed by atoms with Gasteiger partial charge in [-0.15, -0.1) is 0 Å². The third-order valence-corrected chi connectivity index (χ3v) is 9.85. The second-order valence-corrected chi connectivity index (χ2v) is 13.5. The first-order valence-electron chi connectivity index (χ1n) is 14.5. The van der Waals surface area contributed by atoms with E-state index < -0.39 is 57.7 Å². The number of nitrogens with two attached hydrogens (primary N) is 1. The molecule has 0 bridgehead atoms. The molecule has 17 heteroatoms. The van der Waals surface area contributed by atoms with Crippen molar-refractivity contribution in [1.29, 1.82) is 0 Å². The van der Waals surface area contributed by atoms with E-state index in [4.69, 9.17) is 27.2 Å². The number of carboxylic acids is 2. The zero-order chi connectivity index (χ0) is 36.3. The number of hydrogen-bond donors (Lipinski definition) is 4. The number of amides is 1. The monoisotopic (exact) mass is 724 g/mol. The second-order valence-electron chi connectivity index (χ2n) is 10.8. The van der Waals surface area contributed by atoms with E-state index in [1.807, 2.05) is 0 Å². The van der Waals surface area contributed by atoms with Crippen LogP contribution in [0.2, 0.25) is 5.02 Å². The minimum atomic E-state index is -5.08. The van der Waals surface area contributed by atoms with E-state index >= 15 is 4.39 Å². The highest BCUT2D eigenvalue weighted by Crippen LogP contribution is 2.42. The van der Waals surface area contributed by atoms with Gasteiger partial charge in [-0.2, -0.15) is 13.2 Å². The summed E-state index contributed by atoms with van der Waals surface area (Å²) in [7, 11) is -3.76. The lowest BCUT2D eigenvalue weighted by atomic mass is 9.93. The third-order valence-electron chi connectivity index (χ3n) is 7.82. The molecule has 0 spiro atoms. The summed E-state index contributed by atoms with van der Waals surface area (Å²) in [6.07, 6.45) is -3.46. The molecule has 2 heterocycles. The van der Waals surface area contributed by atoms with Crippen molar-refractivity contribution >= 4 is 61.6 Å². The van der Waals surface area contributed by atoms with Crippen LogP contribution in [0.3, 0.4) is 0 Å². The van der Waals surface area contributed by atoms with Gasteiger partial charge in [0.2, 0.25) is 5.91 Å². The molecule has 4 aromatic rings.